The minimum Gasteiger partial charge on any atom is -0.497 e. The van der Waals surface area contributed by atoms with Crippen LogP contribution in [-0.2, 0) is 22.4 Å². The number of carbonyl (C=O) groups is 3. The largest absolute Gasteiger partial charge is 0.497 e. The number of hydrogen-bond donors (Lipinski definition) is 2. The predicted octanol–water partition coefficient (Wildman–Crippen LogP) is 3.78. The number of anilines is 2. The summed E-state index contributed by atoms with van der Waals surface area (Å²) in [7, 11) is 1.64. The lowest BCUT2D eigenvalue weighted by Gasteiger charge is -2.20. The van der Waals surface area contributed by atoms with E-state index < -0.39 is 0 Å². The molecular weight excluding hydrogens is 478 g/mol. The zero-order valence-electron chi connectivity index (χ0n) is 20.5. The summed E-state index contributed by atoms with van der Waals surface area (Å²) in [6, 6.07) is 14.6. The number of hydrogen-bond acceptors (Lipinski definition) is 7. The number of likely N-dealkylation sites (tertiary alicyclic amines) is 1. The maximum Gasteiger partial charge on any atom is 0.257 e. The van der Waals surface area contributed by atoms with Crippen molar-refractivity contribution >= 4 is 39.9 Å². The molecule has 2 heterocycles. The predicted molar refractivity (Wildman–Crippen MR) is 138 cm³/mol. The van der Waals surface area contributed by atoms with Crippen molar-refractivity contribution in [1.29, 1.82) is 0 Å². The van der Waals surface area contributed by atoms with Crippen LogP contribution in [0.25, 0.3) is 0 Å². The number of carbonyl (C=O) groups excluding carboxylic acids is 3. The highest BCUT2D eigenvalue weighted by molar-refractivity contribution is 7.15. The van der Waals surface area contributed by atoms with Gasteiger partial charge in [-0.25, -0.2) is 0 Å². The van der Waals surface area contributed by atoms with E-state index in [-0.39, 0.29) is 36.1 Å². The van der Waals surface area contributed by atoms with Crippen molar-refractivity contribution in [3.05, 3.63) is 64.7 Å². The minimum absolute atomic E-state index is 0.00210. The third-order valence-corrected chi connectivity index (χ3v) is 6.94. The lowest BCUT2D eigenvalue weighted by atomic mass is 10.1. The first-order chi connectivity index (χ1) is 17.3. The summed E-state index contributed by atoms with van der Waals surface area (Å²) in [6.07, 6.45) is 1.74. The summed E-state index contributed by atoms with van der Waals surface area (Å²) in [4.78, 5) is 39.0. The van der Waals surface area contributed by atoms with Crippen LogP contribution in [0.4, 0.5) is 10.8 Å². The molecule has 1 fully saturated rings. The second kappa shape index (κ2) is 11.3. The van der Waals surface area contributed by atoms with Crippen LogP contribution in [0, 0.1) is 5.92 Å². The van der Waals surface area contributed by atoms with Gasteiger partial charge in [0, 0.05) is 36.7 Å². The summed E-state index contributed by atoms with van der Waals surface area (Å²) in [5.41, 5.74) is 2.18. The molecule has 0 spiro atoms. The first kappa shape index (κ1) is 25.3. The van der Waals surface area contributed by atoms with E-state index in [1.807, 2.05) is 38.1 Å². The van der Waals surface area contributed by atoms with Gasteiger partial charge in [-0.3, -0.25) is 19.7 Å². The number of rotatable bonds is 9. The second-order valence-corrected chi connectivity index (χ2v) is 9.97. The molecule has 36 heavy (non-hydrogen) atoms. The van der Waals surface area contributed by atoms with Crippen LogP contribution < -0.4 is 15.4 Å². The number of methoxy groups -OCH3 is 1. The number of amides is 3. The molecule has 1 atom stereocenters. The molecule has 1 aliphatic heterocycles. The van der Waals surface area contributed by atoms with Gasteiger partial charge in [-0.05, 0) is 62.2 Å². The number of nitrogens with one attached hydrogen (secondary N) is 2. The molecule has 0 radical (unpaired) electrons. The van der Waals surface area contributed by atoms with Gasteiger partial charge in [-0.2, -0.15) is 0 Å². The van der Waals surface area contributed by atoms with Crippen LogP contribution in [0.3, 0.4) is 0 Å². The van der Waals surface area contributed by atoms with E-state index in [9.17, 15) is 14.4 Å². The van der Waals surface area contributed by atoms with Crippen molar-refractivity contribution in [2.24, 2.45) is 5.92 Å². The van der Waals surface area contributed by atoms with E-state index in [0.29, 0.717) is 22.9 Å². The van der Waals surface area contributed by atoms with Crippen LogP contribution in [-0.4, -0.2) is 52.5 Å². The Morgan fingerprint density at radius 3 is 2.42 bits per heavy atom. The maximum atomic E-state index is 12.6. The molecule has 188 valence electrons. The Kier molecular flexibility index (Phi) is 7.94. The van der Waals surface area contributed by atoms with Gasteiger partial charge in [0.1, 0.15) is 10.8 Å². The van der Waals surface area contributed by atoms with Crippen molar-refractivity contribution in [1.82, 2.24) is 15.1 Å². The van der Waals surface area contributed by atoms with Gasteiger partial charge in [-0.1, -0.05) is 23.5 Å². The number of aromatic nitrogens is 2. The standard InChI is InChI=1S/C26H29N5O4S/c1-16(2)31-15-19(14-23(31)32)25(34)27-20-9-7-18(8-10-20)24(33)28-26-30-29-22(36-26)13-6-17-4-11-21(35-3)12-5-17/h4-5,7-12,16,19H,6,13-15H2,1-3H3,(H,27,34)(H,28,30,33). The SMILES string of the molecule is COc1ccc(CCc2nnc(NC(=O)c3ccc(NC(=O)C4CC(=O)N(C(C)C)C4)cc3)s2)cc1. The quantitative estimate of drug-likeness (QED) is 0.456. The number of benzene rings is 2. The normalized spacial score (nSPS) is 15.3. The molecule has 10 heteroatoms. The average molecular weight is 508 g/mol. The maximum absolute atomic E-state index is 12.6. The Labute approximate surface area is 213 Å². The van der Waals surface area contributed by atoms with Gasteiger partial charge in [-0.15, -0.1) is 10.2 Å². The van der Waals surface area contributed by atoms with Crippen molar-refractivity contribution < 1.29 is 19.1 Å². The number of nitrogens with zero attached hydrogens (tertiary/aromatic N) is 3. The summed E-state index contributed by atoms with van der Waals surface area (Å²) >= 11 is 1.34. The third-order valence-electron chi connectivity index (χ3n) is 6.04. The van der Waals surface area contributed by atoms with Crippen molar-refractivity contribution in [2.45, 2.75) is 39.2 Å². The Hall–Kier alpha value is -3.79. The highest BCUT2D eigenvalue weighted by Gasteiger charge is 2.35. The molecule has 3 aromatic rings. The Bertz CT molecular complexity index is 1220. The molecule has 2 aromatic carbocycles. The smallest absolute Gasteiger partial charge is 0.257 e. The fourth-order valence-corrected chi connectivity index (χ4v) is 4.71. The third kappa shape index (κ3) is 6.25. The van der Waals surface area contributed by atoms with Gasteiger partial charge < -0.3 is 15.0 Å². The van der Waals surface area contributed by atoms with E-state index in [2.05, 4.69) is 20.8 Å². The van der Waals surface area contributed by atoms with Crippen molar-refractivity contribution in [3.63, 3.8) is 0 Å². The van der Waals surface area contributed by atoms with Crippen LogP contribution in [0.2, 0.25) is 0 Å². The van der Waals surface area contributed by atoms with E-state index >= 15 is 0 Å². The van der Waals surface area contributed by atoms with E-state index in [1.165, 1.54) is 16.9 Å². The minimum atomic E-state index is -0.376. The summed E-state index contributed by atoms with van der Waals surface area (Å²) in [5.74, 6) is -0.0605. The molecule has 0 saturated carbocycles. The van der Waals surface area contributed by atoms with Crippen LogP contribution in [0.15, 0.2) is 48.5 Å². The lowest BCUT2D eigenvalue weighted by molar-refractivity contribution is -0.129. The fraction of sp³-hybridized carbons (Fsp3) is 0.346. The van der Waals surface area contributed by atoms with Gasteiger partial charge in [0.15, 0.2) is 0 Å². The molecule has 4 rings (SSSR count). The molecule has 2 N–H and O–H groups in total. The van der Waals surface area contributed by atoms with Crippen molar-refractivity contribution in [2.75, 3.05) is 24.3 Å². The van der Waals surface area contributed by atoms with Gasteiger partial charge in [0.05, 0.1) is 13.0 Å². The number of aryl methyl sites for hydroxylation is 2. The molecule has 0 bridgehead atoms. The Morgan fingerprint density at radius 1 is 1.06 bits per heavy atom. The van der Waals surface area contributed by atoms with Gasteiger partial charge in [0.2, 0.25) is 16.9 Å². The molecule has 9 nitrogen and oxygen atoms in total. The van der Waals surface area contributed by atoms with E-state index in [0.717, 1.165) is 23.6 Å². The van der Waals surface area contributed by atoms with Gasteiger partial charge in [0.25, 0.3) is 5.91 Å². The molecule has 0 aliphatic carbocycles. The van der Waals surface area contributed by atoms with Crippen LogP contribution >= 0.6 is 11.3 Å². The monoisotopic (exact) mass is 507 g/mol. The lowest BCUT2D eigenvalue weighted by Crippen LogP contribution is -2.33. The summed E-state index contributed by atoms with van der Waals surface area (Å²) in [6.45, 7) is 4.30. The van der Waals surface area contributed by atoms with Crippen LogP contribution in [0.1, 0.15) is 41.2 Å². The number of ether oxygens (including phenoxy) is 1. The van der Waals surface area contributed by atoms with Crippen molar-refractivity contribution in [3.8, 4) is 5.75 Å². The molecule has 1 aliphatic rings. The summed E-state index contributed by atoms with van der Waals surface area (Å²) in [5, 5.41) is 15.1. The van der Waals surface area contributed by atoms with Gasteiger partial charge >= 0.3 is 0 Å². The molecule has 3 amide bonds. The zero-order chi connectivity index (χ0) is 25.7. The molecular formula is C26H29N5O4S. The molecule has 1 saturated heterocycles. The first-order valence-corrected chi connectivity index (χ1v) is 12.6. The zero-order valence-corrected chi connectivity index (χ0v) is 21.3. The van der Waals surface area contributed by atoms with E-state index in [1.54, 1.807) is 36.3 Å². The highest BCUT2D eigenvalue weighted by Crippen LogP contribution is 2.23. The van der Waals surface area contributed by atoms with E-state index in [4.69, 9.17) is 4.74 Å². The average Bonchev–Trinajstić information content (AvgIpc) is 3.49. The Morgan fingerprint density at radius 2 is 1.78 bits per heavy atom. The first-order valence-electron chi connectivity index (χ1n) is 11.8. The second-order valence-electron chi connectivity index (χ2n) is 8.91. The van der Waals surface area contributed by atoms with Crippen LogP contribution in [0.5, 0.6) is 5.75 Å². The summed E-state index contributed by atoms with van der Waals surface area (Å²) < 4.78 is 5.18. The fourth-order valence-electron chi connectivity index (χ4n) is 3.97. The topological polar surface area (TPSA) is 114 Å². The molecule has 1 unspecified atom stereocenters. The highest BCUT2D eigenvalue weighted by atomic mass is 32.1. The molecule has 1 aromatic heterocycles. The Balaban J connectivity index is 1.27.